The SMILES string of the molecule is CCC1(C(=O)c2cc3c4ccccc4n(C(C)=O)c3cn2)C(=O)N(c2ccc(F)cc2)c2ccc(OC)c(N)c21. The average molecular weight is 537 g/mol. The molecule has 9 heteroatoms. The molecular formula is C31H25FN4O4. The van der Waals surface area contributed by atoms with Crippen LogP contribution in [-0.4, -0.2) is 34.3 Å². The maximum Gasteiger partial charge on any atom is 0.250 e. The molecule has 3 heterocycles. The van der Waals surface area contributed by atoms with E-state index in [-0.39, 0.29) is 23.7 Å². The fraction of sp³-hybridized carbons (Fsp3) is 0.161. The highest BCUT2D eigenvalue weighted by molar-refractivity contribution is 6.30. The van der Waals surface area contributed by atoms with E-state index in [0.717, 1.165) is 5.39 Å². The van der Waals surface area contributed by atoms with E-state index >= 15 is 0 Å². The van der Waals surface area contributed by atoms with Gasteiger partial charge in [-0.15, -0.1) is 0 Å². The number of fused-ring (bicyclic) bond motifs is 4. The number of nitrogen functional groups attached to an aromatic ring is 1. The Morgan fingerprint density at radius 2 is 1.75 bits per heavy atom. The third-order valence-corrected chi connectivity index (χ3v) is 7.75. The molecule has 6 rings (SSSR count). The number of nitrogens with zero attached hydrogens (tertiary/aromatic N) is 3. The predicted molar refractivity (Wildman–Crippen MR) is 151 cm³/mol. The molecule has 2 N–H and O–H groups in total. The second kappa shape index (κ2) is 9.01. The van der Waals surface area contributed by atoms with Gasteiger partial charge in [0.05, 0.1) is 35.7 Å². The van der Waals surface area contributed by atoms with Crippen molar-refractivity contribution in [2.75, 3.05) is 17.7 Å². The summed E-state index contributed by atoms with van der Waals surface area (Å²) in [6.45, 7) is 3.21. The number of benzene rings is 3. The number of halogens is 1. The van der Waals surface area contributed by atoms with Crippen molar-refractivity contribution in [1.82, 2.24) is 9.55 Å². The molecule has 8 nitrogen and oxygen atoms in total. The number of Topliss-reactive ketones (excluding diaryl/α,β-unsaturated/α-hetero) is 1. The van der Waals surface area contributed by atoms with Crippen LogP contribution in [0.15, 0.2) is 72.9 Å². The van der Waals surface area contributed by atoms with Gasteiger partial charge in [-0.05, 0) is 55.0 Å². The highest BCUT2D eigenvalue weighted by Gasteiger charge is 2.57. The molecule has 0 saturated carbocycles. The van der Waals surface area contributed by atoms with Crippen molar-refractivity contribution in [3.63, 3.8) is 0 Å². The van der Waals surface area contributed by atoms with Crippen molar-refractivity contribution in [1.29, 1.82) is 0 Å². The van der Waals surface area contributed by atoms with Crippen molar-refractivity contribution in [2.45, 2.75) is 25.7 Å². The van der Waals surface area contributed by atoms with Gasteiger partial charge in [0.1, 0.15) is 22.7 Å². The summed E-state index contributed by atoms with van der Waals surface area (Å²) < 4.78 is 20.8. The van der Waals surface area contributed by atoms with Crippen molar-refractivity contribution in [3.05, 3.63) is 90.0 Å². The zero-order valence-electron chi connectivity index (χ0n) is 22.1. The minimum atomic E-state index is -1.72. The first-order valence-corrected chi connectivity index (χ1v) is 12.8. The summed E-state index contributed by atoms with van der Waals surface area (Å²) in [6, 6.07) is 17.8. The Hall–Kier alpha value is -5.05. The molecule has 40 heavy (non-hydrogen) atoms. The van der Waals surface area contributed by atoms with Crippen LogP contribution in [0.5, 0.6) is 5.75 Å². The predicted octanol–water partition coefficient (Wildman–Crippen LogP) is 5.79. The number of aromatic nitrogens is 2. The number of nitrogens with two attached hydrogens (primary N) is 1. The number of hydrogen-bond acceptors (Lipinski definition) is 6. The van der Waals surface area contributed by atoms with Gasteiger partial charge < -0.3 is 10.5 Å². The van der Waals surface area contributed by atoms with Gasteiger partial charge in [-0.1, -0.05) is 25.1 Å². The lowest BCUT2D eigenvalue weighted by molar-refractivity contribution is -0.121. The van der Waals surface area contributed by atoms with Crippen molar-refractivity contribution < 1.29 is 23.5 Å². The fourth-order valence-corrected chi connectivity index (χ4v) is 5.90. The molecule has 5 aromatic rings. The van der Waals surface area contributed by atoms with Crippen molar-refractivity contribution in [2.24, 2.45) is 0 Å². The second-order valence-corrected chi connectivity index (χ2v) is 9.74. The summed E-state index contributed by atoms with van der Waals surface area (Å²) in [5, 5.41) is 1.44. The molecule has 0 spiro atoms. The number of anilines is 3. The van der Waals surface area contributed by atoms with Crippen LogP contribution in [0.4, 0.5) is 21.5 Å². The van der Waals surface area contributed by atoms with Gasteiger partial charge in [0, 0.05) is 28.9 Å². The van der Waals surface area contributed by atoms with Crippen LogP contribution in [0, 0.1) is 5.82 Å². The van der Waals surface area contributed by atoms with E-state index in [1.54, 1.807) is 29.7 Å². The Kier molecular flexibility index (Phi) is 5.69. The van der Waals surface area contributed by atoms with Crippen molar-refractivity contribution in [3.8, 4) is 5.75 Å². The maximum atomic E-state index is 14.5. The largest absolute Gasteiger partial charge is 0.495 e. The maximum absolute atomic E-state index is 14.5. The van der Waals surface area contributed by atoms with Gasteiger partial charge in [-0.3, -0.25) is 28.8 Å². The monoisotopic (exact) mass is 536 g/mol. The quantitative estimate of drug-likeness (QED) is 0.173. The molecule has 3 aromatic carbocycles. The third-order valence-electron chi connectivity index (χ3n) is 7.75. The zero-order chi connectivity index (χ0) is 28.3. The number of pyridine rings is 1. The van der Waals surface area contributed by atoms with E-state index in [9.17, 15) is 18.8 Å². The van der Waals surface area contributed by atoms with E-state index in [2.05, 4.69) is 4.98 Å². The van der Waals surface area contributed by atoms with Crippen LogP contribution in [0.25, 0.3) is 21.8 Å². The molecule has 2 aromatic heterocycles. The van der Waals surface area contributed by atoms with Crippen molar-refractivity contribution >= 4 is 56.5 Å². The number of amides is 1. The highest BCUT2D eigenvalue weighted by Crippen LogP contribution is 2.53. The molecule has 0 fully saturated rings. The zero-order valence-corrected chi connectivity index (χ0v) is 22.1. The molecule has 0 aliphatic carbocycles. The molecule has 0 saturated heterocycles. The number of methoxy groups -OCH3 is 1. The normalized spacial score (nSPS) is 16.5. The van der Waals surface area contributed by atoms with Gasteiger partial charge in [-0.25, -0.2) is 4.39 Å². The van der Waals surface area contributed by atoms with Crippen LogP contribution in [-0.2, 0) is 10.2 Å². The van der Waals surface area contributed by atoms with E-state index in [1.165, 1.54) is 49.4 Å². The van der Waals surface area contributed by atoms with Gasteiger partial charge in [-0.2, -0.15) is 0 Å². The molecule has 1 atom stereocenters. The summed E-state index contributed by atoms with van der Waals surface area (Å²) >= 11 is 0. The highest BCUT2D eigenvalue weighted by atomic mass is 19.1. The van der Waals surface area contributed by atoms with E-state index < -0.39 is 22.9 Å². The number of ether oxygens (including phenoxy) is 1. The van der Waals surface area contributed by atoms with Gasteiger partial charge in [0.2, 0.25) is 17.6 Å². The second-order valence-electron chi connectivity index (χ2n) is 9.74. The first kappa shape index (κ1) is 25.2. The lowest BCUT2D eigenvalue weighted by Crippen LogP contribution is -2.45. The topological polar surface area (TPSA) is 108 Å². The Bertz CT molecular complexity index is 1880. The molecule has 0 bridgehead atoms. The molecule has 1 aliphatic rings. The lowest BCUT2D eigenvalue weighted by atomic mass is 9.73. The minimum absolute atomic E-state index is 0.0586. The summed E-state index contributed by atoms with van der Waals surface area (Å²) in [5.41, 5.74) is 7.46. The van der Waals surface area contributed by atoms with Crippen LogP contribution < -0.4 is 15.4 Å². The molecule has 0 radical (unpaired) electrons. The van der Waals surface area contributed by atoms with Crippen LogP contribution in [0.3, 0.4) is 0 Å². The Morgan fingerprint density at radius 3 is 2.42 bits per heavy atom. The lowest BCUT2D eigenvalue weighted by Gasteiger charge is -2.27. The average Bonchev–Trinajstić information content (AvgIpc) is 3.43. The molecule has 200 valence electrons. The van der Waals surface area contributed by atoms with Gasteiger partial charge >= 0.3 is 0 Å². The number of para-hydroxylation sites is 1. The minimum Gasteiger partial charge on any atom is -0.495 e. The van der Waals surface area contributed by atoms with E-state index in [4.69, 9.17) is 10.5 Å². The van der Waals surface area contributed by atoms with Crippen LogP contribution in [0.2, 0.25) is 0 Å². The summed E-state index contributed by atoms with van der Waals surface area (Å²) in [7, 11) is 1.46. The standard InChI is InChI=1S/C31H25FN4O4/c1-4-31(29(38)22-15-21-20-7-5-6-8-23(20)35(17(2)37)25(21)16-34-22)27-24(13-14-26(40-3)28(27)33)36(30(31)39)19-11-9-18(32)10-12-19/h5-16H,4,33H2,1-3H3. The Balaban J connectivity index is 1.60. The van der Waals surface area contributed by atoms with Crippen LogP contribution in [0.1, 0.15) is 41.1 Å². The Morgan fingerprint density at radius 1 is 1.02 bits per heavy atom. The Labute approximate surface area is 228 Å². The molecule has 1 amide bonds. The molecule has 1 aliphatic heterocycles. The molecular weight excluding hydrogens is 511 g/mol. The van der Waals surface area contributed by atoms with Crippen LogP contribution >= 0.6 is 0 Å². The smallest absolute Gasteiger partial charge is 0.250 e. The fourth-order valence-electron chi connectivity index (χ4n) is 5.90. The summed E-state index contributed by atoms with van der Waals surface area (Å²) in [6.07, 6.45) is 1.57. The number of hydrogen-bond donors (Lipinski definition) is 1. The third kappa shape index (κ3) is 3.30. The first-order valence-electron chi connectivity index (χ1n) is 12.8. The first-order chi connectivity index (χ1) is 19.2. The van der Waals surface area contributed by atoms with Gasteiger partial charge in [0.25, 0.3) is 0 Å². The number of carbonyl (C=O) groups excluding carboxylic acids is 3. The van der Waals surface area contributed by atoms with Gasteiger partial charge in [0.15, 0.2) is 0 Å². The summed E-state index contributed by atoms with van der Waals surface area (Å²) in [5.74, 6) is -1.37. The number of rotatable bonds is 5. The van der Waals surface area contributed by atoms with E-state index in [0.29, 0.717) is 39.1 Å². The summed E-state index contributed by atoms with van der Waals surface area (Å²) in [4.78, 5) is 47.3. The number of carbonyl (C=O) groups is 3. The van der Waals surface area contributed by atoms with E-state index in [1.807, 2.05) is 24.3 Å². The number of ketones is 1. The molecule has 1 unspecified atom stereocenters.